The molecule has 0 amide bonds. The van der Waals surface area contributed by atoms with Crippen LogP contribution in [0.15, 0.2) is 30.3 Å². The van der Waals surface area contributed by atoms with E-state index in [1.807, 2.05) is 0 Å². The van der Waals surface area contributed by atoms with Crippen molar-refractivity contribution in [1.82, 2.24) is 0 Å². The van der Waals surface area contributed by atoms with E-state index in [9.17, 15) is 0 Å². The van der Waals surface area contributed by atoms with Crippen molar-refractivity contribution >= 4 is 0 Å². The zero-order valence-electron chi connectivity index (χ0n) is 13.0. The fourth-order valence-electron chi connectivity index (χ4n) is 3.28. The second kappa shape index (κ2) is 8.37. The number of rotatable bonds is 9. The third kappa shape index (κ3) is 4.65. The molecule has 1 unspecified atom stereocenters. The highest BCUT2D eigenvalue weighted by molar-refractivity contribution is 5.24. The van der Waals surface area contributed by atoms with Gasteiger partial charge >= 0.3 is 0 Å². The van der Waals surface area contributed by atoms with Crippen molar-refractivity contribution in [1.29, 1.82) is 0 Å². The Bertz CT molecular complexity index is 325. The largest absolute Gasteiger partial charge is 0.325 e. The fourth-order valence-corrected chi connectivity index (χ4v) is 3.28. The van der Waals surface area contributed by atoms with E-state index in [2.05, 4.69) is 51.1 Å². The average molecular weight is 261 g/mol. The van der Waals surface area contributed by atoms with E-state index in [1.54, 1.807) is 0 Å². The highest BCUT2D eigenvalue weighted by Crippen LogP contribution is 2.37. The first-order valence-corrected chi connectivity index (χ1v) is 8.01. The average Bonchev–Trinajstić information content (AvgIpc) is 2.41. The Morgan fingerprint density at radius 2 is 1.53 bits per heavy atom. The van der Waals surface area contributed by atoms with Gasteiger partial charge in [0.15, 0.2) is 0 Å². The molecule has 1 atom stereocenters. The third-order valence-corrected chi connectivity index (χ3v) is 4.17. The molecule has 1 nitrogen and oxygen atoms in total. The first-order chi connectivity index (χ1) is 9.18. The maximum atomic E-state index is 6.84. The van der Waals surface area contributed by atoms with Gasteiger partial charge in [0, 0.05) is 11.5 Å². The summed E-state index contributed by atoms with van der Waals surface area (Å²) in [6, 6.07) is 10.9. The normalized spacial score (nSPS) is 13.5. The molecule has 0 aliphatic rings. The molecule has 0 radical (unpaired) electrons. The van der Waals surface area contributed by atoms with E-state index in [0.717, 1.165) is 12.8 Å². The van der Waals surface area contributed by atoms with Crippen LogP contribution in [0.1, 0.15) is 77.2 Å². The molecule has 1 rings (SSSR count). The Labute approximate surface area is 119 Å². The molecular formula is C18H31N. The Morgan fingerprint density at radius 1 is 0.947 bits per heavy atom. The molecule has 0 saturated carbocycles. The summed E-state index contributed by atoms with van der Waals surface area (Å²) in [4.78, 5) is 0. The van der Waals surface area contributed by atoms with Crippen LogP contribution in [-0.2, 0) is 0 Å². The number of hydrogen-bond acceptors (Lipinski definition) is 1. The van der Waals surface area contributed by atoms with E-state index in [-0.39, 0.29) is 5.54 Å². The van der Waals surface area contributed by atoms with Crippen LogP contribution in [0.3, 0.4) is 0 Å². The molecule has 108 valence electrons. The minimum absolute atomic E-state index is 0.0278. The van der Waals surface area contributed by atoms with Crippen LogP contribution < -0.4 is 5.73 Å². The van der Waals surface area contributed by atoms with Gasteiger partial charge in [0.1, 0.15) is 0 Å². The van der Waals surface area contributed by atoms with Crippen LogP contribution in [0.4, 0.5) is 0 Å². The molecule has 1 heteroatoms. The summed E-state index contributed by atoms with van der Waals surface area (Å²) >= 11 is 0. The van der Waals surface area contributed by atoms with Gasteiger partial charge in [0.2, 0.25) is 0 Å². The van der Waals surface area contributed by atoms with Gasteiger partial charge in [-0.2, -0.15) is 0 Å². The van der Waals surface area contributed by atoms with E-state index >= 15 is 0 Å². The topological polar surface area (TPSA) is 26.0 Å². The summed E-state index contributed by atoms with van der Waals surface area (Å²) in [5.74, 6) is 0.508. The predicted molar refractivity (Wildman–Crippen MR) is 85.4 cm³/mol. The monoisotopic (exact) mass is 261 g/mol. The summed E-state index contributed by atoms with van der Waals surface area (Å²) in [5.41, 5.74) is 8.24. The molecular weight excluding hydrogens is 230 g/mol. The third-order valence-electron chi connectivity index (χ3n) is 4.17. The van der Waals surface area contributed by atoms with Crippen LogP contribution in [-0.4, -0.2) is 5.54 Å². The van der Waals surface area contributed by atoms with Crippen molar-refractivity contribution in [3.63, 3.8) is 0 Å². The number of benzene rings is 1. The zero-order chi connectivity index (χ0) is 14.1. The fraction of sp³-hybridized carbons (Fsp3) is 0.667. The standard InChI is InChI=1S/C18H31N/c1-4-7-13-17(16-11-9-8-10-12-16)18(19,14-5-2)15-6-3/h8-12,17H,4-7,13-15,19H2,1-3H3. The quantitative estimate of drug-likeness (QED) is 0.645. The Balaban J connectivity index is 2.99. The van der Waals surface area contributed by atoms with Gasteiger partial charge in [-0.15, -0.1) is 0 Å². The molecule has 0 saturated heterocycles. The van der Waals surface area contributed by atoms with Crippen molar-refractivity contribution in [3.05, 3.63) is 35.9 Å². The summed E-state index contributed by atoms with van der Waals surface area (Å²) in [6.45, 7) is 6.76. The second-order valence-corrected chi connectivity index (χ2v) is 5.84. The van der Waals surface area contributed by atoms with Crippen molar-refractivity contribution in [2.24, 2.45) is 5.73 Å². The van der Waals surface area contributed by atoms with Crippen molar-refractivity contribution < 1.29 is 0 Å². The number of unbranched alkanes of at least 4 members (excludes halogenated alkanes) is 1. The number of nitrogens with two attached hydrogens (primary N) is 1. The molecule has 0 spiro atoms. The van der Waals surface area contributed by atoms with Gasteiger partial charge in [-0.05, 0) is 24.8 Å². The van der Waals surface area contributed by atoms with Crippen LogP contribution in [0.5, 0.6) is 0 Å². The smallest absolute Gasteiger partial charge is 0.0223 e. The Kier molecular flexibility index (Phi) is 7.15. The summed E-state index contributed by atoms with van der Waals surface area (Å²) in [5, 5.41) is 0. The van der Waals surface area contributed by atoms with Gasteiger partial charge in [-0.3, -0.25) is 0 Å². The highest BCUT2D eigenvalue weighted by atomic mass is 14.8. The number of hydrogen-bond donors (Lipinski definition) is 1. The van der Waals surface area contributed by atoms with Crippen molar-refractivity contribution in [2.45, 2.75) is 77.2 Å². The van der Waals surface area contributed by atoms with Crippen molar-refractivity contribution in [2.75, 3.05) is 0 Å². The Hall–Kier alpha value is -0.820. The van der Waals surface area contributed by atoms with Gasteiger partial charge < -0.3 is 5.73 Å². The Morgan fingerprint density at radius 3 is 2.00 bits per heavy atom. The molecule has 2 N–H and O–H groups in total. The van der Waals surface area contributed by atoms with Crippen LogP contribution in [0.2, 0.25) is 0 Å². The van der Waals surface area contributed by atoms with Crippen LogP contribution >= 0.6 is 0 Å². The molecule has 0 heterocycles. The first kappa shape index (κ1) is 16.2. The lowest BCUT2D eigenvalue weighted by Gasteiger charge is -2.38. The molecule has 0 bridgehead atoms. The van der Waals surface area contributed by atoms with Crippen LogP contribution in [0.25, 0.3) is 0 Å². The van der Waals surface area contributed by atoms with Gasteiger partial charge in [0.05, 0.1) is 0 Å². The minimum atomic E-state index is -0.0278. The molecule has 0 fully saturated rings. The predicted octanol–water partition coefficient (Wildman–Crippen LogP) is 5.26. The van der Waals surface area contributed by atoms with E-state index in [0.29, 0.717) is 5.92 Å². The summed E-state index contributed by atoms with van der Waals surface area (Å²) in [7, 11) is 0. The lowest BCUT2D eigenvalue weighted by molar-refractivity contribution is 0.277. The highest BCUT2D eigenvalue weighted by Gasteiger charge is 2.33. The molecule has 0 aromatic heterocycles. The van der Waals surface area contributed by atoms with E-state index in [4.69, 9.17) is 5.73 Å². The lowest BCUT2D eigenvalue weighted by Crippen LogP contribution is -2.45. The van der Waals surface area contributed by atoms with Gasteiger partial charge in [-0.1, -0.05) is 76.8 Å². The molecule has 0 aliphatic carbocycles. The molecule has 0 aliphatic heterocycles. The minimum Gasteiger partial charge on any atom is -0.325 e. The molecule has 19 heavy (non-hydrogen) atoms. The maximum Gasteiger partial charge on any atom is 0.0223 e. The molecule has 1 aromatic carbocycles. The molecule has 1 aromatic rings. The zero-order valence-corrected chi connectivity index (χ0v) is 13.0. The second-order valence-electron chi connectivity index (χ2n) is 5.84. The van der Waals surface area contributed by atoms with Gasteiger partial charge in [-0.25, -0.2) is 0 Å². The summed E-state index contributed by atoms with van der Waals surface area (Å²) < 4.78 is 0. The van der Waals surface area contributed by atoms with E-state index < -0.39 is 0 Å². The van der Waals surface area contributed by atoms with E-state index in [1.165, 1.54) is 37.7 Å². The van der Waals surface area contributed by atoms with Crippen LogP contribution in [0, 0.1) is 0 Å². The van der Waals surface area contributed by atoms with Gasteiger partial charge in [0.25, 0.3) is 0 Å². The lowest BCUT2D eigenvalue weighted by atomic mass is 9.72. The maximum absolute atomic E-state index is 6.84. The first-order valence-electron chi connectivity index (χ1n) is 8.01. The SMILES string of the molecule is CCCCC(c1ccccc1)C(N)(CCC)CCC. The summed E-state index contributed by atoms with van der Waals surface area (Å²) in [6.07, 6.45) is 8.34. The van der Waals surface area contributed by atoms with Crippen molar-refractivity contribution in [3.8, 4) is 0 Å².